The summed E-state index contributed by atoms with van der Waals surface area (Å²) in [5.41, 5.74) is 0.817. The molecule has 0 radical (unpaired) electrons. The molecule has 2 amide bonds. The summed E-state index contributed by atoms with van der Waals surface area (Å²) in [6, 6.07) is 5.97. The molecule has 0 heterocycles. The van der Waals surface area contributed by atoms with Gasteiger partial charge in [-0.1, -0.05) is 49.6 Å². The highest BCUT2D eigenvalue weighted by Crippen LogP contribution is 2.16. The maximum atomic E-state index is 12.0. The summed E-state index contributed by atoms with van der Waals surface area (Å²) < 4.78 is 0. The van der Waals surface area contributed by atoms with E-state index in [4.69, 9.17) is 16.7 Å². The first-order valence-electron chi connectivity index (χ1n) is 6.93. The van der Waals surface area contributed by atoms with Gasteiger partial charge >= 0.3 is 12.0 Å². The van der Waals surface area contributed by atoms with Gasteiger partial charge < -0.3 is 15.3 Å². The average molecular weight is 313 g/mol. The topological polar surface area (TPSA) is 69.6 Å². The fourth-order valence-electron chi connectivity index (χ4n) is 1.88. The quantitative estimate of drug-likeness (QED) is 0.812. The molecule has 0 fully saturated rings. The van der Waals surface area contributed by atoms with Crippen LogP contribution in [0.4, 0.5) is 4.79 Å². The lowest BCUT2D eigenvalue weighted by atomic mass is 10.1. The van der Waals surface area contributed by atoms with Crippen LogP contribution in [0.3, 0.4) is 0 Å². The first-order valence-corrected chi connectivity index (χ1v) is 7.31. The van der Waals surface area contributed by atoms with Crippen LogP contribution in [-0.2, 0) is 11.3 Å². The number of nitrogens with zero attached hydrogens (tertiary/aromatic N) is 1. The van der Waals surface area contributed by atoms with Crippen molar-refractivity contribution < 1.29 is 14.7 Å². The van der Waals surface area contributed by atoms with Gasteiger partial charge in [0.25, 0.3) is 0 Å². The molecular weight excluding hydrogens is 292 g/mol. The van der Waals surface area contributed by atoms with Crippen molar-refractivity contribution in [3.8, 4) is 0 Å². The predicted octanol–water partition coefficient (Wildman–Crippen LogP) is 3.12. The van der Waals surface area contributed by atoms with Crippen LogP contribution >= 0.6 is 11.6 Å². The van der Waals surface area contributed by atoms with E-state index in [9.17, 15) is 9.59 Å². The molecule has 5 nitrogen and oxygen atoms in total. The Labute approximate surface area is 129 Å². The van der Waals surface area contributed by atoms with Gasteiger partial charge in [-0.05, 0) is 18.1 Å². The van der Waals surface area contributed by atoms with E-state index in [0.717, 1.165) is 18.4 Å². The van der Waals surface area contributed by atoms with Crippen LogP contribution in [-0.4, -0.2) is 35.1 Å². The number of hydrogen-bond donors (Lipinski definition) is 2. The maximum Gasteiger partial charge on any atom is 0.326 e. The predicted molar refractivity (Wildman–Crippen MR) is 82.4 cm³/mol. The summed E-state index contributed by atoms with van der Waals surface area (Å²) in [6.45, 7) is 2.30. The number of hydrogen-bond acceptors (Lipinski definition) is 2. The summed E-state index contributed by atoms with van der Waals surface area (Å²) in [4.78, 5) is 24.6. The van der Waals surface area contributed by atoms with Crippen molar-refractivity contribution in [1.82, 2.24) is 10.2 Å². The number of nitrogens with one attached hydrogen (secondary N) is 1. The van der Waals surface area contributed by atoms with E-state index in [2.05, 4.69) is 5.32 Å². The second-order valence-electron chi connectivity index (χ2n) is 4.93. The number of amides is 2. The molecule has 0 spiro atoms. The number of urea groups is 1. The second kappa shape index (κ2) is 8.52. The second-order valence-corrected chi connectivity index (χ2v) is 5.34. The van der Waals surface area contributed by atoms with Gasteiger partial charge in [-0.15, -0.1) is 0 Å². The number of benzene rings is 1. The van der Waals surface area contributed by atoms with E-state index in [0.29, 0.717) is 18.0 Å². The smallest absolute Gasteiger partial charge is 0.326 e. The van der Waals surface area contributed by atoms with Crippen molar-refractivity contribution in [2.75, 3.05) is 7.05 Å². The molecule has 0 saturated heterocycles. The number of halogens is 1. The number of carboxylic acid groups (broad SMARTS) is 1. The zero-order valence-electron chi connectivity index (χ0n) is 12.3. The molecule has 1 aromatic carbocycles. The van der Waals surface area contributed by atoms with Gasteiger partial charge in [0.15, 0.2) is 0 Å². The summed E-state index contributed by atoms with van der Waals surface area (Å²) in [5, 5.41) is 12.2. The van der Waals surface area contributed by atoms with Crippen LogP contribution in [0.1, 0.15) is 31.7 Å². The minimum absolute atomic E-state index is 0.325. The Kier molecular flexibility index (Phi) is 7.02. The molecule has 0 saturated carbocycles. The zero-order valence-corrected chi connectivity index (χ0v) is 13.1. The zero-order chi connectivity index (χ0) is 15.8. The molecule has 0 aliphatic heterocycles. The third-order valence-corrected chi connectivity index (χ3v) is 3.52. The third kappa shape index (κ3) is 5.63. The van der Waals surface area contributed by atoms with Crippen molar-refractivity contribution in [3.05, 3.63) is 34.9 Å². The summed E-state index contributed by atoms with van der Waals surface area (Å²) in [5.74, 6) is -1.01. The van der Waals surface area contributed by atoms with Gasteiger partial charge in [0.1, 0.15) is 6.04 Å². The SMILES string of the molecule is CCCCC(NC(=O)N(C)Cc1ccccc1Cl)C(=O)O. The van der Waals surface area contributed by atoms with Crippen molar-refractivity contribution in [3.63, 3.8) is 0 Å². The number of rotatable bonds is 7. The maximum absolute atomic E-state index is 12.0. The molecule has 0 aliphatic rings. The molecule has 1 unspecified atom stereocenters. The van der Waals surface area contributed by atoms with E-state index in [1.165, 1.54) is 4.90 Å². The molecule has 0 bridgehead atoms. The standard InChI is InChI=1S/C15H21ClN2O3/c1-3-4-9-13(14(19)20)17-15(21)18(2)10-11-7-5-6-8-12(11)16/h5-8,13H,3-4,9-10H2,1-2H3,(H,17,21)(H,19,20). The van der Waals surface area contributed by atoms with Crippen molar-refractivity contribution in [2.24, 2.45) is 0 Å². The molecular formula is C15H21ClN2O3. The van der Waals surface area contributed by atoms with E-state index in [1.807, 2.05) is 25.1 Å². The molecule has 2 N–H and O–H groups in total. The number of carbonyl (C=O) groups is 2. The van der Waals surface area contributed by atoms with E-state index in [-0.39, 0.29) is 0 Å². The van der Waals surface area contributed by atoms with Crippen LogP contribution < -0.4 is 5.32 Å². The summed E-state index contributed by atoms with van der Waals surface area (Å²) in [7, 11) is 1.61. The highest BCUT2D eigenvalue weighted by molar-refractivity contribution is 6.31. The Morgan fingerprint density at radius 3 is 2.62 bits per heavy atom. The lowest BCUT2D eigenvalue weighted by molar-refractivity contribution is -0.139. The minimum atomic E-state index is -1.01. The highest BCUT2D eigenvalue weighted by Gasteiger charge is 2.21. The summed E-state index contributed by atoms with van der Waals surface area (Å²) >= 11 is 6.05. The van der Waals surface area contributed by atoms with Gasteiger partial charge in [0, 0.05) is 18.6 Å². The number of unbranched alkanes of at least 4 members (excludes halogenated alkanes) is 1. The van der Waals surface area contributed by atoms with E-state index in [1.54, 1.807) is 13.1 Å². The monoisotopic (exact) mass is 312 g/mol. The van der Waals surface area contributed by atoms with Crippen LogP contribution in [0.15, 0.2) is 24.3 Å². The Morgan fingerprint density at radius 2 is 2.05 bits per heavy atom. The van der Waals surface area contributed by atoms with Crippen LogP contribution in [0.25, 0.3) is 0 Å². The fraction of sp³-hybridized carbons (Fsp3) is 0.467. The van der Waals surface area contributed by atoms with Crippen molar-refractivity contribution >= 4 is 23.6 Å². The molecule has 0 aliphatic carbocycles. The van der Waals surface area contributed by atoms with Crippen molar-refractivity contribution in [2.45, 2.75) is 38.8 Å². The average Bonchev–Trinajstić information content (AvgIpc) is 2.45. The largest absolute Gasteiger partial charge is 0.480 e. The van der Waals surface area contributed by atoms with Crippen LogP contribution in [0.2, 0.25) is 5.02 Å². The number of aliphatic carboxylic acids is 1. The Balaban J connectivity index is 2.61. The van der Waals surface area contributed by atoms with Crippen molar-refractivity contribution in [1.29, 1.82) is 0 Å². The highest BCUT2D eigenvalue weighted by atomic mass is 35.5. The molecule has 6 heteroatoms. The third-order valence-electron chi connectivity index (χ3n) is 3.15. The van der Waals surface area contributed by atoms with Crippen LogP contribution in [0.5, 0.6) is 0 Å². The van der Waals surface area contributed by atoms with E-state index >= 15 is 0 Å². The molecule has 116 valence electrons. The minimum Gasteiger partial charge on any atom is -0.480 e. The van der Waals surface area contributed by atoms with Gasteiger partial charge in [-0.3, -0.25) is 0 Å². The Bertz CT molecular complexity index is 494. The molecule has 1 rings (SSSR count). The number of carbonyl (C=O) groups excluding carboxylic acids is 1. The lowest BCUT2D eigenvalue weighted by Gasteiger charge is -2.21. The normalized spacial score (nSPS) is 11.8. The Hall–Kier alpha value is -1.75. The molecule has 1 aromatic rings. The van der Waals surface area contributed by atoms with Gasteiger partial charge in [-0.25, -0.2) is 9.59 Å². The van der Waals surface area contributed by atoms with Crippen LogP contribution in [0, 0.1) is 0 Å². The fourth-order valence-corrected chi connectivity index (χ4v) is 2.07. The summed E-state index contributed by atoms with van der Waals surface area (Å²) in [6.07, 6.45) is 2.07. The van der Waals surface area contributed by atoms with E-state index < -0.39 is 18.0 Å². The van der Waals surface area contributed by atoms with Gasteiger partial charge in [0.05, 0.1) is 0 Å². The van der Waals surface area contributed by atoms with Gasteiger partial charge in [-0.2, -0.15) is 0 Å². The lowest BCUT2D eigenvalue weighted by Crippen LogP contribution is -2.46. The molecule has 21 heavy (non-hydrogen) atoms. The van der Waals surface area contributed by atoms with Gasteiger partial charge in [0.2, 0.25) is 0 Å². The molecule has 1 atom stereocenters. The first-order chi connectivity index (χ1) is 9.95. The Morgan fingerprint density at radius 1 is 1.38 bits per heavy atom. The first kappa shape index (κ1) is 17.3. The molecule has 0 aromatic heterocycles. The number of carboxylic acids is 1.